The van der Waals surface area contributed by atoms with Gasteiger partial charge in [-0.1, -0.05) is 6.07 Å². The van der Waals surface area contributed by atoms with Crippen molar-refractivity contribution in [2.24, 2.45) is 0 Å². The molecule has 0 radical (unpaired) electrons. The summed E-state index contributed by atoms with van der Waals surface area (Å²) in [5.74, 6) is 1.60. The molecule has 0 saturated carbocycles. The zero-order chi connectivity index (χ0) is 11.7. The first-order chi connectivity index (χ1) is 8.25. The van der Waals surface area contributed by atoms with Crippen molar-refractivity contribution in [3.63, 3.8) is 0 Å². The van der Waals surface area contributed by atoms with Crippen molar-refractivity contribution in [2.75, 3.05) is 26.3 Å². The van der Waals surface area contributed by atoms with Gasteiger partial charge in [0.1, 0.15) is 13.2 Å². The standard InChI is InChI=1S/C13H17NO3/c15-13(3-4-14-9-13)8-10-1-2-11-12(7-10)17-6-5-16-11/h1-2,7,14-15H,3-6,8-9H2. The predicted octanol–water partition coefficient (Wildman–Crippen LogP) is 0.725. The van der Waals surface area contributed by atoms with Crippen molar-refractivity contribution < 1.29 is 14.6 Å². The van der Waals surface area contributed by atoms with Gasteiger partial charge in [-0.15, -0.1) is 0 Å². The maximum Gasteiger partial charge on any atom is 0.161 e. The molecule has 2 heterocycles. The number of aliphatic hydroxyl groups is 1. The Bertz CT molecular complexity index is 413. The van der Waals surface area contributed by atoms with Gasteiger partial charge in [0, 0.05) is 13.0 Å². The SMILES string of the molecule is OC1(Cc2ccc3c(c2)OCCO3)CCNC1. The quantitative estimate of drug-likeness (QED) is 0.793. The molecule has 3 rings (SSSR count). The molecule has 0 aromatic heterocycles. The van der Waals surface area contributed by atoms with Crippen LogP contribution in [0.2, 0.25) is 0 Å². The topological polar surface area (TPSA) is 50.7 Å². The van der Waals surface area contributed by atoms with Crippen LogP contribution >= 0.6 is 0 Å². The molecule has 92 valence electrons. The van der Waals surface area contributed by atoms with Crippen molar-refractivity contribution in [3.05, 3.63) is 23.8 Å². The van der Waals surface area contributed by atoms with Crippen molar-refractivity contribution in [1.82, 2.24) is 5.32 Å². The van der Waals surface area contributed by atoms with Gasteiger partial charge in [-0.2, -0.15) is 0 Å². The second-order valence-electron chi connectivity index (χ2n) is 4.81. The second kappa shape index (κ2) is 4.20. The fourth-order valence-corrected chi connectivity index (χ4v) is 2.46. The molecule has 0 spiro atoms. The second-order valence-corrected chi connectivity index (χ2v) is 4.81. The Morgan fingerprint density at radius 1 is 1.24 bits per heavy atom. The van der Waals surface area contributed by atoms with E-state index in [1.165, 1.54) is 0 Å². The number of hydrogen-bond donors (Lipinski definition) is 2. The molecular formula is C13H17NO3. The Hall–Kier alpha value is -1.26. The van der Waals surface area contributed by atoms with Crippen molar-refractivity contribution in [2.45, 2.75) is 18.4 Å². The summed E-state index contributed by atoms with van der Waals surface area (Å²) in [5.41, 5.74) is 0.490. The molecule has 1 aromatic rings. The molecule has 4 heteroatoms. The number of nitrogens with one attached hydrogen (secondary N) is 1. The smallest absolute Gasteiger partial charge is 0.161 e. The molecule has 2 N–H and O–H groups in total. The van der Waals surface area contributed by atoms with E-state index in [0.29, 0.717) is 26.2 Å². The molecule has 1 unspecified atom stereocenters. The summed E-state index contributed by atoms with van der Waals surface area (Å²) < 4.78 is 11.0. The summed E-state index contributed by atoms with van der Waals surface area (Å²) in [6.45, 7) is 2.77. The molecule has 0 amide bonds. The minimum absolute atomic E-state index is 0.599. The third-order valence-corrected chi connectivity index (χ3v) is 3.36. The lowest BCUT2D eigenvalue weighted by Gasteiger charge is -2.23. The predicted molar refractivity (Wildman–Crippen MR) is 63.6 cm³/mol. The van der Waals surface area contributed by atoms with Gasteiger partial charge in [-0.25, -0.2) is 0 Å². The maximum atomic E-state index is 10.3. The number of benzene rings is 1. The highest BCUT2D eigenvalue weighted by molar-refractivity contribution is 5.44. The zero-order valence-corrected chi connectivity index (χ0v) is 9.74. The fourth-order valence-electron chi connectivity index (χ4n) is 2.46. The Labute approximate surface area is 101 Å². The molecule has 2 aliphatic rings. The first-order valence-electron chi connectivity index (χ1n) is 6.07. The summed E-state index contributed by atoms with van der Waals surface area (Å²) in [6, 6.07) is 5.91. The minimum Gasteiger partial charge on any atom is -0.486 e. The lowest BCUT2D eigenvalue weighted by atomic mass is 9.93. The summed E-state index contributed by atoms with van der Waals surface area (Å²) in [5, 5.41) is 13.5. The lowest BCUT2D eigenvalue weighted by molar-refractivity contribution is 0.0617. The van der Waals surface area contributed by atoms with Gasteiger partial charge in [0.25, 0.3) is 0 Å². The summed E-state index contributed by atoms with van der Waals surface area (Å²) in [4.78, 5) is 0. The zero-order valence-electron chi connectivity index (χ0n) is 9.74. The first kappa shape index (κ1) is 10.9. The highest BCUT2D eigenvalue weighted by Gasteiger charge is 2.31. The monoisotopic (exact) mass is 235 g/mol. The Balaban J connectivity index is 1.79. The van der Waals surface area contributed by atoms with Crippen LogP contribution in [0.15, 0.2) is 18.2 Å². The Morgan fingerprint density at radius 3 is 2.82 bits per heavy atom. The molecular weight excluding hydrogens is 218 g/mol. The van der Waals surface area contributed by atoms with Crippen molar-refractivity contribution >= 4 is 0 Å². The average Bonchev–Trinajstić information content (AvgIpc) is 2.76. The van der Waals surface area contributed by atoms with Crippen LogP contribution in [0, 0.1) is 0 Å². The Morgan fingerprint density at radius 2 is 2.06 bits per heavy atom. The van der Waals surface area contributed by atoms with E-state index in [4.69, 9.17) is 9.47 Å². The average molecular weight is 235 g/mol. The van der Waals surface area contributed by atoms with E-state index in [2.05, 4.69) is 5.32 Å². The van der Waals surface area contributed by atoms with E-state index >= 15 is 0 Å². The molecule has 1 aromatic carbocycles. The largest absolute Gasteiger partial charge is 0.486 e. The number of rotatable bonds is 2. The lowest BCUT2D eigenvalue weighted by Crippen LogP contribution is -2.33. The molecule has 1 atom stereocenters. The van der Waals surface area contributed by atoms with E-state index in [1.807, 2.05) is 18.2 Å². The van der Waals surface area contributed by atoms with E-state index in [1.54, 1.807) is 0 Å². The third kappa shape index (κ3) is 2.23. The highest BCUT2D eigenvalue weighted by atomic mass is 16.6. The molecule has 0 bridgehead atoms. The van der Waals surface area contributed by atoms with Gasteiger partial charge in [-0.05, 0) is 30.7 Å². The molecule has 2 aliphatic heterocycles. The maximum absolute atomic E-state index is 10.3. The first-order valence-corrected chi connectivity index (χ1v) is 6.07. The van der Waals surface area contributed by atoms with Crippen LogP contribution in [0.3, 0.4) is 0 Å². The summed E-state index contributed by atoms with van der Waals surface area (Å²) in [7, 11) is 0. The van der Waals surface area contributed by atoms with Gasteiger partial charge >= 0.3 is 0 Å². The van der Waals surface area contributed by atoms with E-state index in [-0.39, 0.29) is 0 Å². The molecule has 4 nitrogen and oxygen atoms in total. The van der Waals surface area contributed by atoms with Crippen molar-refractivity contribution in [3.8, 4) is 11.5 Å². The van der Waals surface area contributed by atoms with Crippen molar-refractivity contribution in [1.29, 1.82) is 0 Å². The highest BCUT2D eigenvalue weighted by Crippen LogP contribution is 2.32. The van der Waals surface area contributed by atoms with Crippen LogP contribution in [0.4, 0.5) is 0 Å². The van der Waals surface area contributed by atoms with Crippen LogP contribution in [0.1, 0.15) is 12.0 Å². The van der Waals surface area contributed by atoms with Crippen LogP contribution in [0.5, 0.6) is 11.5 Å². The van der Waals surface area contributed by atoms with E-state index in [9.17, 15) is 5.11 Å². The fraction of sp³-hybridized carbons (Fsp3) is 0.538. The normalized spacial score (nSPS) is 27.1. The Kier molecular flexibility index (Phi) is 2.68. The van der Waals surface area contributed by atoms with E-state index in [0.717, 1.165) is 30.0 Å². The van der Waals surface area contributed by atoms with Gasteiger partial charge < -0.3 is 19.9 Å². The van der Waals surface area contributed by atoms with Gasteiger partial charge in [0.2, 0.25) is 0 Å². The van der Waals surface area contributed by atoms with Gasteiger partial charge in [0.15, 0.2) is 11.5 Å². The molecule has 1 fully saturated rings. The van der Waals surface area contributed by atoms with Crippen LogP contribution in [0.25, 0.3) is 0 Å². The number of fused-ring (bicyclic) bond motifs is 1. The third-order valence-electron chi connectivity index (χ3n) is 3.36. The van der Waals surface area contributed by atoms with E-state index < -0.39 is 5.60 Å². The number of β-amino-alcohol motifs (C(OH)–C–C–N with tert-alkyl or cyclic N) is 1. The summed E-state index contributed by atoms with van der Waals surface area (Å²) in [6.07, 6.45) is 1.47. The molecule has 0 aliphatic carbocycles. The van der Waals surface area contributed by atoms with Gasteiger partial charge in [0.05, 0.1) is 5.60 Å². The molecule has 17 heavy (non-hydrogen) atoms. The minimum atomic E-state index is -0.607. The molecule has 1 saturated heterocycles. The van der Waals surface area contributed by atoms with Gasteiger partial charge in [-0.3, -0.25) is 0 Å². The number of hydrogen-bond acceptors (Lipinski definition) is 4. The van der Waals surface area contributed by atoms with Crippen LogP contribution < -0.4 is 14.8 Å². The van der Waals surface area contributed by atoms with Crippen LogP contribution in [-0.4, -0.2) is 37.0 Å². The number of ether oxygens (including phenoxy) is 2. The van der Waals surface area contributed by atoms with Crippen LogP contribution in [-0.2, 0) is 6.42 Å². The summed E-state index contributed by atoms with van der Waals surface area (Å²) >= 11 is 0.